The molecular formula is C20H23F3N6O2. The Labute approximate surface area is 176 Å². The van der Waals surface area contributed by atoms with Gasteiger partial charge in [0, 0.05) is 24.8 Å². The Morgan fingerprint density at radius 1 is 1.16 bits per heavy atom. The van der Waals surface area contributed by atoms with E-state index in [9.17, 15) is 13.2 Å². The van der Waals surface area contributed by atoms with Gasteiger partial charge in [-0.25, -0.2) is 9.20 Å². The molecule has 31 heavy (non-hydrogen) atoms. The van der Waals surface area contributed by atoms with Crippen LogP contribution < -0.4 is 4.74 Å². The van der Waals surface area contributed by atoms with Gasteiger partial charge in [0.25, 0.3) is 0 Å². The number of piperidine rings is 1. The summed E-state index contributed by atoms with van der Waals surface area (Å²) in [6, 6.07) is 2.33. The van der Waals surface area contributed by atoms with Crippen molar-refractivity contribution >= 4 is 5.52 Å². The second kappa shape index (κ2) is 7.49. The SMILES string of the molecule is COc1cc(-c2nnn(C3CCN(C4COC4)CC3)c2C)cn2ncc(C(F)(F)F)c12. The Morgan fingerprint density at radius 3 is 2.52 bits per heavy atom. The van der Waals surface area contributed by atoms with Crippen LogP contribution in [-0.4, -0.2) is 69.0 Å². The van der Waals surface area contributed by atoms with Crippen molar-refractivity contribution in [2.75, 3.05) is 33.4 Å². The summed E-state index contributed by atoms with van der Waals surface area (Å²) in [7, 11) is 1.34. The highest BCUT2D eigenvalue weighted by molar-refractivity contribution is 5.73. The van der Waals surface area contributed by atoms with E-state index in [4.69, 9.17) is 9.47 Å². The van der Waals surface area contributed by atoms with Crippen LogP contribution in [0.25, 0.3) is 16.8 Å². The minimum atomic E-state index is -4.52. The van der Waals surface area contributed by atoms with Crippen LogP contribution in [0.5, 0.6) is 5.75 Å². The number of halogens is 3. The summed E-state index contributed by atoms with van der Waals surface area (Å²) < 4.78 is 53.7. The summed E-state index contributed by atoms with van der Waals surface area (Å²) in [5, 5.41) is 12.6. The Balaban J connectivity index is 1.44. The highest BCUT2D eigenvalue weighted by Gasteiger charge is 2.36. The monoisotopic (exact) mass is 436 g/mol. The number of aromatic nitrogens is 5. The number of pyridine rings is 1. The van der Waals surface area contributed by atoms with Gasteiger partial charge in [0.2, 0.25) is 0 Å². The van der Waals surface area contributed by atoms with Gasteiger partial charge in [-0.2, -0.15) is 18.3 Å². The molecule has 2 saturated heterocycles. The average Bonchev–Trinajstić information content (AvgIpc) is 3.30. The van der Waals surface area contributed by atoms with Crippen molar-refractivity contribution < 1.29 is 22.6 Å². The number of likely N-dealkylation sites (tertiary alicyclic amines) is 1. The number of alkyl halides is 3. The first-order chi connectivity index (χ1) is 14.9. The van der Waals surface area contributed by atoms with Gasteiger partial charge in [0.15, 0.2) is 0 Å². The molecule has 11 heteroatoms. The molecule has 0 N–H and O–H groups in total. The Kier molecular flexibility index (Phi) is 4.89. The third-order valence-electron chi connectivity index (χ3n) is 6.28. The summed E-state index contributed by atoms with van der Waals surface area (Å²) in [6.45, 7) is 5.53. The molecule has 0 amide bonds. The molecule has 2 aliphatic heterocycles. The zero-order valence-corrected chi connectivity index (χ0v) is 17.3. The maximum atomic E-state index is 13.3. The van der Waals surface area contributed by atoms with Gasteiger partial charge in [-0.05, 0) is 25.8 Å². The molecule has 0 aliphatic carbocycles. The van der Waals surface area contributed by atoms with Crippen molar-refractivity contribution in [3.05, 3.63) is 29.7 Å². The Hall–Kier alpha value is -2.66. The van der Waals surface area contributed by atoms with Crippen molar-refractivity contribution in [3.63, 3.8) is 0 Å². The normalized spacial score (nSPS) is 19.1. The van der Waals surface area contributed by atoms with E-state index in [1.165, 1.54) is 17.8 Å². The molecule has 0 spiro atoms. The highest BCUT2D eigenvalue weighted by Crippen LogP contribution is 2.38. The topological polar surface area (TPSA) is 69.7 Å². The second-order valence-corrected chi connectivity index (χ2v) is 8.07. The molecular weight excluding hydrogens is 413 g/mol. The van der Waals surface area contributed by atoms with E-state index in [0.29, 0.717) is 17.3 Å². The predicted molar refractivity (Wildman–Crippen MR) is 105 cm³/mol. The number of hydrogen-bond donors (Lipinski definition) is 0. The van der Waals surface area contributed by atoms with Crippen LogP contribution in [0.15, 0.2) is 18.5 Å². The average molecular weight is 436 g/mol. The molecule has 8 nitrogen and oxygen atoms in total. The predicted octanol–water partition coefficient (Wildman–Crippen LogP) is 2.96. The molecule has 0 unspecified atom stereocenters. The molecule has 2 aliphatic rings. The number of ether oxygens (including phenoxy) is 2. The number of methoxy groups -OCH3 is 1. The largest absolute Gasteiger partial charge is 0.494 e. The molecule has 2 fully saturated rings. The number of hydrogen-bond acceptors (Lipinski definition) is 6. The molecule has 0 saturated carbocycles. The van der Waals surface area contributed by atoms with Gasteiger partial charge in [-0.1, -0.05) is 5.21 Å². The van der Waals surface area contributed by atoms with Crippen molar-refractivity contribution in [2.24, 2.45) is 0 Å². The Bertz CT molecular complexity index is 1100. The smallest absolute Gasteiger partial charge is 0.420 e. The quantitative estimate of drug-likeness (QED) is 0.627. The number of nitrogens with zero attached hydrogens (tertiary/aromatic N) is 6. The first kappa shape index (κ1) is 20.3. The maximum absolute atomic E-state index is 13.3. The van der Waals surface area contributed by atoms with Crippen molar-refractivity contribution in [2.45, 2.75) is 38.0 Å². The van der Waals surface area contributed by atoms with Crippen LogP contribution in [0.3, 0.4) is 0 Å². The minimum Gasteiger partial charge on any atom is -0.494 e. The lowest BCUT2D eigenvalue weighted by molar-refractivity contribution is -0.136. The fourth-order valence-corrected chi connectivity index (χ4v) is 4.46. The summed E-state index contributed by atoms with van der Waals surface area (Å²) in [5.41, 5.74) is 1.14. The number of fused-ring (bicyclic) bond motifs is 1. The number of rotatable bonds is 4. The van der Waals surface area contributed by atoms with Gasteiger partial charge in [-0.3, -0.25) is 4.90 Å². The molecule has 0 radical (unpaired) electrons. The zero-order chi connectivity index (χ0) is 21.8. The lowest BCUT2D eigenvalue weighted by atomic mass is 10.0. The van der Waals surface area contributed by atoms with Crippen LogP contribution in [0.4, 0.5) is 13.2 Å². The van der Waals surface area contributed by atoms with E-state index in [1.807, 2.05) is 11.6 Å². The van der Waals surface area contributed by atoms with Crippen molar-refractivity contribution in [1.82, 2.24) is 29.5 Å². The van der Waals surface area contributed by atoms with Crippen LogP contribution >= 0.6 is 0 Å². The fourth-order valence-electron chi connectivity index (χ4n) is 4.46. The zero-order valence-electron chi connectivity index (χ0n) is 17.3. The van der Waals surface area contributed by atoms with Gasteiger partial charge in [0.05, 0.1) is 44.3 Å². The van der Waals surface area contributed by atoms with E-state index in [1.54, 1.807) is 6.07 Å². The van der Waals surface area contributed by atoms with Crippen molar-refractivity contribution in [1.29, 1.82) is 0 Å². The van der Waals surface area contributed by atoms with Crippen LogP contribution in [0.1, 0.15) is 30.1 Å². The van der Waals surface area contributed by atoms with Gasteiger partial charge >= 0.3 is 6.18 Å². The molecule has 5 heterocycles. The van der Waals surface area contributed by atoms with E-state index in [0.717, 1.165) is 51.0 Å². The van der Waals surface area contributed by atoms with Crippen molar-refractivity contribution in [3.8, 4) is 17.0 Å². The first-order valence-electron chi connectivity index (χ1n) is 10.2. The third kappa shape index (κ3) is 3.45. The van der Waals surface area contributed by atoms with E-state index < -0.39 is 11.7 Å². The molecule has 166 valence electrons. The third-order valence-corrected chi connectivity index (χ3v) is 6.28. The lowest BCUT2D eigenvalue weighted by Gasteiger charge is -2.41. The summed E-state index contributed by atoms with van der Waals surface area (Å²) in [5.74, 6) is 0.0901. The maximum Gasteiger partial charge on any atom is 0.420 e. The summed E-state index contributed by atoms with van der Waals surface area (Å²) in [6.07, 6.45) is -0.233. The summed E-state index contributed by atoms with van der Waals surface area (Å²) >= 11 is 0. The lowest BCUT2D eigenvalue weighted by Crippen LogP contribution is -2.52. The van der Waals surface area contributed by atoms with Gasteiger partial charge < -0.3 is 9.47 Å². The molecule has 0 bridgehead atoms. The van der Waals surface area contributed by atoms with E-state index in [-0.39, 0.29) is 17.3 Å². The van der Waals surface area contributed by atoms with Crippen LogP contribution in [0.2, 0.25) is 0 Å². The summed E-state index contributed by atoms with van der Waals surface area (Å²) in [4.78, 5) is 2.46. The minimum absolute atomic E-state index is 0.0901. The highest BCUT2D eigenvalue weighted by atomic mass is 19.4. The van der Waals surface area contributed by atoms with Gasteiger partial charge in [0.1, 0.15) is 22.5 Å². The Morgan fingerprint density at radius 2 is 1.90 bits per heavy atom. The van der Waals surface area contributed by atoms with Crippen LogP contribution in [0, 0.1) is 6.92 Å². The molecule has 3 aromatic rings. The van der Waals surface area contributed by atoms with Crippen LogP contribution in [-0.2, 0) is 10.9 Å². The van der Waals surface area contributed by atoms with Gasteiger partial charge in [-0.15, -0.1) is 5.10 Å². The second-order valence-electron chi connectivity index (χ2n) is 8.07. The fraction of sp³-hybridized carbons (Fsp3) is 0.550. The first-order valence-corrected chi connectivity index (χ1v) is 10.2. The standard InChI is InChI=1S/C20H23F3N6O2/c1-12-18(25-26-29(12)14-3-5-27(6-4-14)15-10-31-11-15)13-7-17(30-2)19-16(20(21,22)23)8-24-28(19)9-13/h7-9,14-15H,3-6,10-11H2,1-2H3. The molecule has 5 rings (SSSR count). The molecule has 0 aromatic carbocycles. The molecule has 0 atom stereocenters. The molecule has 3 aromatic heterocycles. The van der Waals surface area contributed by atoms with E-state index >= 15 is 0 Å². The van der Waals surface area contributed by atoms with E-state index in [2.05, 4.69) is 20.3 Å².